The average molecular weight is 422 g/mol. The van der Waals surface area contributed by atoms with Crippen LogP contribution in [0.5, 0.6) is 0 Å². The highest BCUT2D eigenvalue weighted by Crippen LogP contribution is 2.70. The van der Waals surface area contributed by atoms with E-state index in [9.17, 15) is 24.2 Å². The Hall–Kier alpha value is -1.31. The number of rotatable bonds is 1. The fraction of sp³-hybridized carbons (Fsp3) is 0.826. The molecule has 0 aromatic carbocycles. The summed E-state index contributed by atoms with van der Waals surface area (Å²) in [5.41, 5.74) is -2.31. The highest BCUT2D eigenvalue weighted by Gasteiger charge is 2.77. The minimum absolute atomic E-state index is 0.0119. The monoisotopic (exact) mass is 422 g/mol. The quantitative estimate of drug-likeness (QED) is 0.673. The first kappa shape index (κ1) is 20.6. The molecule has 8 atom stereocenters. The van der Waals surface area contributed by atoms with Crippen LogP contribution < -0.4 is 0 Å². The molecule has 7 heteroatoms. The number of allylic oxidation sites excluding steroid dienone is 1. The minimum atomic E-state index is -1.50. The topological polar surface area (TPSA) is 93.1 Å². The smallest absolute Gasteiger partial charge is 0.339 e. The van der Waals surface area contributed by atoms with Crippen molar-refractivity contribution in [3.8, 4) is 0 Å². The van der Waals surface area contributed by atoms with Gasteiger partial charge in [0.05, 0.1) is 6.10 Å². The SMILES string of the molecule is CC1(C)O[C@@H]2C[C@H]3[C@@H]4CCC5=C(F)C(=O)CC[C@]5(C)[C@H]4[C@@H](O)C[C@]3(C)[C@]2(C(=O)O)O1. The van der Waals surface area contributed by atoms with Gasteiger partial charge in [-0.15, -0.1) is 0 Å². The molecular weight excluding hydrogens is 391 g/mol. The van der Waals surface area contributed by atoms with Crippen molar-refractivity contribution in [2.24, 2.45) is 28.6 Å². The van der Waals surface area contributed by atoms with Gasteiger partial charge in [0, 0.05) is 11.8 Å². The maximum Gasteiger partial charge on any atom is 0.339 e. The molecule has 0 radical (unpaired) electrons. The van der Waals surface area contributed by atoms with Gasteiger partial charge >= 0.3 is 5.97 Å². The third kappa shape index (κ3) is 2.24. The summed E-state index contributed by atoms with van der Waals surface area (Å²) in [7, 11) is 0. The zero-order valence-corrected chi connectivity index (χ0v) is 18.0. The first-order chi connectivity index (χ1) is 13.9. The van der Waals surface area contributed by atoms with Gasteiger partial charge in [-0.2, -0.15) is 0 Å². The van der Waals surface area contributed by atoms with Crippen LogP contribution in [0.25, 0.3) is 0 Å². The summed E-state index contributed by atoms with van der Waals surface area (Å²) >= 11 is 0. The van der Waals surface area contributed by atoms with Crippen LogP contribution in [0.3, 0.4) is 0 Å². The van der Waals surface area contributed by atoms with E-state index in [1.165, 1.54) is 0 Å². The number of Topliss-reactive ketones (excluding diaryl/α,β-unsaturated/α-hetero) is 1. The van der Waals surface area contributed by atoms with Crippen molar-refractivity contribution < 1.29 is 33.7 Å². The molecule has 0 amide bonds. The summed E-state index contributed by atoms with van der Waals surface area (Å²) < 4.78 is 27.0. The fourth-order valence-corrected chi connectivity index (χ4v) is 8.25. The Kier molecular flexibility index (Phi) is 4.07. The van der Waals surface area contributed by atoms with Crippen LogP contribution in [0.1, 0.15) is 66.2 Å². The van der Waals surface area contributed by atoms with Crippen molar-refractivity contribution in [3.63, 3.8) is 0 Å². The number of aliphatic hydroxyl groups excluding tert-OH is 1. The fourth-order valence-electron chi connectivity index (χ4n) is 8.25. The van der Waals surface area contributed by atoms with Crippen LogP contribution in [-0.2, 0) is 19.1 Å². The Bertz CT molecular complexity index is 866. The lowest BCUT2D eigenvalue weighted by Crippen LogP contribution is -2.63. The Morgan fingerprint density at radius 3 is 2.57 bits per heavy atom. The molecule has 3 saturated carbocycles. The number of hydrogen-bond donors (Lipinski definition) is 2. The number of carbonyl (C=O) groups is 2. The lowest BCUT2D eigenvalue weighted by Gasteiger charge is -2.60. The van der Waals surface area contributed by atoms with Gasteiger partial charge in [0.15, 0.2) is 23.0 Å². The highest BCUT2D eigenvalue weighted by molar-refractivity contribution is 5.95. The molecule has 0 bridgehead atoms. The number of fused-ring (bicyclic) bond motifs is 7. The number of ether oxygens (including phenoxy) is 2. The maximum absolute atomic E-state index is 14.8. The summed E-state index contributed by atoms with van der Waals surface area (Å²) in [6, 6.07) is 0. The average Bonchev–Trinajstić information content (AvgIpc) is 3.05. The van der Waals surface area contributed by atoms with Crippen molar-refractivity contribution in [1.29, 1.82) is 0 Å². The molecule has 0 unspecified atom stereocenters. The maximum atomic E-state index is 14.8. The zero-order valence-electron chi connectivity index (χ0n) is 18.0. The van der Waals surface area contributed by atoms with Gasteiger partial charge in [0.2, 0.25) is 0 Å². The summed E-state index contributed by atoms with van der Waals surface area (Å²) in [5.74, 6) is -3.25. The molecule has 5 rings (SSSR count). The van der Waals surface area contributed by atoms with Gasteiger partial charge in [-0.25, -0.2) is 9.18 Å². The number of halogens is 1. The molecule has 5 aliphatic rings. The molecule has 1 aliphatic heterocycles. The Labute approximate surface area is 175 Å². The van der Waals surface area contributed by atoms with Crippen LogP contribution in [0.15, 0.2) is 11.4 Å². The van der Waals surface area contributed by atoms with Crippen LogP contribution in [0, 0.1) is 28.6 Å². The lowest BCUT2D eigenvalue weighted by molar-refractivity contribution is -0.234. The first-order valence-electron chi connectivity index (χ1n) is 11.1. The van der Waals surface area contributed by atoms with E-state index in [0.717, 1.165) is 0 Å². The molecule has 0 spiro atoms. The van der Waals surface area contributed by atoms with Crippen LogP contribution in [0.2, 0.25) is 0 Å². The highest BCUT2D eigenvalue weighted by atomic mass is 19.1. The van der Waals surface area contributed by atoms with E-state index in [-0.39, 0.29) is 30.6 Å². The van der Waals surface area contributed by atoms with Gasteiger partial charge in [0.25, 0.3) is 0 Å². The van der Waals surface area contributed by atoms with Gasteiger partial charge in [-0.05, 0) is 74.7 Å². The van der Waals surface area contributed by atoms with Gasteiger partial charge in [-0.3, -0.25) is 4.79 Å². The third-order valence-corrected chi connectivity index (χ3v) is 9.30. The molecular formula is C23H31FO6. The molecule has 166 valence electrons. The third-order valence-electron chi connectivity index (χ3n) is 9.30. The molecule has 1 heterocycles. The Balaban J connectivity index is 1.59. The van der Waals surface area contributed by atoms with Gasteiger partial charge < -0.3 is 19.7 Å². The van der Waals surface area contributed by atoms with E-state index in [0.29, 0.717) is 31.3 Å². The van der Waals surface area contributed by atoms with Crippen LogP contribution in [0.4, 0.5) is 4.39 Å². The van der Waals surface area contributed by atoms with Crippen molar-refractivity contribution in [1.82, 2.24) is 0 Å². The van der Waals surface area contributed by atoms with E-state index in [1.807, 2.05) is 13.8 Å². The van der Waals surface area contributed by atoms with Gasteiger partial charge in [0.1, 0.15) is 6.10 Å². The number of hydrogen-bond acceptors (Lipinski definition) is 5. The second-order valence-corrected chi connectivity index (χ2v) is 11.0. The normalized spacial score (nSPS) is 51.8. The summed E-state index contributed by atoms with van der Waals surface area (Å²) in [5, 5.41) is 21.7. The number of carboxylic acid groups (broad SMARTS) is 1. The molecule has 1 saturated heterocycles. The summed E-state index contributed by atoms with van der Waals surface area (Å²) in [4.78, 5) is 24.6. The Morgan fingerprint density at radius 1 is 1.20 bits per heavy atom. The molecule has 0 aromatic heterocycles. The number of carbonyl (C=O) groups excluding carboxylic acids is 1. The largest absolute Gasteiger partial charge is 0.479 e. The molecule has 0 aromatic rings. The first-order valence-corrected chi connectivity index (χ1v) is 11.1. The van der Waals surface area contributed by atoms with Crippen molar-refractivity contribution in [2.45, 2.75) is 89.8 Å². The van der Waals surface area contributed by atoms with Crippen LogP contribution >= 0.6 is 0 Å². The summed E-state index contributed by atoms with van der Waals surface area (Å²) in [6.07, 6.45) is 1.25. The Morgan fingerprint density at radius 2 is 1.90 bits per heavy atom. The number of ketones is 1. The van der Waals surface area contributed by atoms with E-state index in [4.69, 9.17) is 9.47 Å². The lowest BCUT2D eigenvalue weighted by atomic mass is 9.45. The van der Waals surface area contributed by atoms with Gasteiger partial charge in [-0.1, -0.05) is 13.8 Å². The second-order valence-electron chi connectivity index (χ2n) is 11.0. The second kappa shape index (κ2) is 5.93. The number of aliphatic hydroxyl groups is 1. The molecule has 4 aliphatic carbocycles. The molecule has 6 nitrogen and oxygen atoms in total. The number of carboxylic acids is 1. The van der Waals surface area contributed by atoms with E-state index >= 15 is 0 Å². The number of aliphatic carboxylic acids is 1. The van der Waals surface area contributed by atoms with E-state index in [2.05, 4.69) is 0 Å². The van der Waals surface area contributed by atoms with Crippen molar-refractivity contribution in [3.05, 3.63) is 11.4 Å². The predicted molar refractivity (Wildman–Crippen MR) is 104 cm³/mol. The zero-order chi connectivity index (χ0) is 21.9. The van der Waals surface area contributed by atoms with Crippen LogP contribution in [-0.4, -0.2) is 45.6 Å². The van der Waals surface area contributed by atoms with Crippen molar-refractivity contribution in [2.75, 3.05) is 0 Å². The molecule has 2 N–H and O–H groups in total. The molecule has 30 heavy (non-hydrogen) atoms. The van der Waals surface area contributed by atoms with E-state index < -0.39 is 52.0 Å². The minimum Gasteiger partial charge on any atom is -0.479 e. The van der Waals surface area contributed by atoms with Crippen molar-refractivity contribution >= 4 is 11.8 Å². The predicted octanol–water partition coefficient (Wildman–Crippen LogP) is 3.37. The summed E-state index contributed by atoms with van der Waals surface area (Å²) in [6.45, 7) is 7.37. The van der Waals surface area contributed by atoms with E-state index in [1.54, 1.807) is 13.8 Å². The molecule has 4 fully saturated rings. The standard InChI is InChI=1S/C23H31FO6/c1-20(2)29-16-9-13-11-5-6-12-18(24)14(25)7-8-21(12,3)17(11)15(26)10-22(13,4)23(16,30-20)19(27)28/h11,13,15-17,26H,5-10H2,1-4H3,(H,27,28)/t11-,13-,15-,16+,17+,21-,22-,23-/m0/s1.